The summed E-state index contributed by atoms with van der Waals surface area (Å²) in [4.78, 5) is 7.75. The van der Waals surface area contributed by atoms with E-state index in [1.165, 1.54) is 24.9 Å². The number of nitrogens with zero attached hydrogens (tertiary/aromatic N) is 1. The van der Waals surface area contributed by atoms with Crippen molar-refractivity contribution >= 4 is 11.0 Å². The number of nitrogens with one attached hydrogen (secondary N) is 2. The Morgan fingerprint density at radius 1 is 1.44 bits per heavy atom. The summed E-state index contributed by atoms with van der Waals surface area (Å²) in [6.07, 6.45) is 7.78. The lowest BCUT2D eigenvalue weighted by Gasteiger charge is -2.22. The lowest BCUT2D eigenvalue weighted by Crippen LogP contribution is -2.30. The summed E-state index contributed by atoms with van der Waals surface area (Å²) in [7, 11) is 0. The Labute approximate surface area is 95.3 Å². The number of rotatable bonds is 2. The average molecular weight is 215 g/mol. The predicted molar refractivity (Wildman–Crippen MR) is 65.4 cm³/mol. The number of aromatic amines is 1. The molecule has 0 spiro atoms. The number of piperidine rings is 1. The van der Waals surface area contributed by atoms with Crippen molar-refractivity contribution in [3.05, 3.63) is 30.1 Å². The quantitative estimate of drug-likeness (QED) is 0.805. The molecule has 16 heavy (non-hydrogen) atoms. The molecule has 0 bridgehead atoms. The van der Waals surface area contributed by atoms with Gasteiger partial charge in [0.1, 0.15) is 0 Å². The van der Waals surface area contributed by atoms with Gasteiger partial charge in [0.15, 0.2) is 0 Å². The van der Waals surface area contributed by atoms with Crippen LogP contribution in [0.2, 0.25) is 0 Å². The molecule has 0 saturated carbocycles. The molecule has 3 rings (SSSR count). The summed E-state index contributed by atoms with van der Waals surface area (Å²) in [6, 6.07) is 4.07. The SMILES string of the molecule is c1cnc2c(CC3CCCNC3)c[nH]c2c1. The van der Waals surface area contributed by atoms with Crippen molar-refractivity contribution in [2.24, 2.45) is 5.92 Å². The van der Waals surface area contributed by atoms with Crippen molar-refractivity contribution in [2.75, 3.05) is 13.1 Å². The minimum atomic E-state index is 0.773. The second-order valence-corrected chi connectivity index (χ2v) is 4.63. The van der Waals surface area contributed by atoms with Crippen molar-refractivity contribution in [1.82, 2.24) is 15.3 Å². The van der Waals surface area contributed by atoms with Crippen LogP contribution in [-0.4, -0.2) is 23.1 Å². The molecule has 0 aliphatic carbocycles. The van der Waals surface area contributed by atoms with Gasteiger partial charge in [-0.3, -0.25) is 4.98 Å². The molecule has 1 atom stereocenters. The van der Waals surface area contributed by atoms with Crippen molar-refractivity contribution in [3.8, 4) is 0 Å². The Morgan fingerprint density at radius 2 is 2.44 bits per heavy atom. The molecule has 1 aliphatic rings. The van der Waals surface area contributed by atoms with Crippen LogP contribution in [-0.2, 0) is 6.42 Å². The van der Waals surface area contributed by atoms with Crippen LogP contribution in [0.1, 0.15) is 18.4 Å². The maximum absolute atomic E-state index is 4.45. The number of H-pyrrole nitrogens is 1. The van der Waals surface area contributed by atoms with Crippen LogP contribution in [0, 0.1) is 5.92 Å². The van der Waals surface area contributed by atoms with Crippen molar-refractivity contribution < 1.29 is 0 Å². The molecule has 2 aromatic rings. The Kier molecular flexibility index (Phi) is 2.62. The molecule has 1 unspecified atom stereocenters. The normalized spacial score (nSPS) is 21.4. The third kappa shape index (κ3) is 1.83. The largest absolute Gasteiger partial charge is 0.360 e. The summed E-state index contributed by atoms with van der Waals surface area (Å²) in [5, 5.41) is 3.46. The van der Waals surface area contributed by atoms with E-state index in [-0.39, 0.29) is 0 Å². The summed E-state index contributed by atoms with van der Waals surface area (Å²) < 4.78 is 0. The molecule has 3 nitrogen and oxygen atoms in total. The lowest BCUT2D eigenvalue weighted by atomic mass is 9.93. The van der Waals surface area contributed by atoms with Crippen LogP contribution in [0.3, 0.4) is 0 Å². The highest BCUT2D eigenvalue weighted by Crippen LogP contribution is 2.21. The van der Waals surface area contributed by atoms with E-state index in [0.29, 0.717) is 0 Å². The van der Waals surface area contributed by atoms with E-state index >= 15 is 0 Å². The van der Waals surface area contributed by atoms with Gasteiger partial charge >= 0.3 is 0 Å². The molecule has 0 aromatic carbocycles. The molecule has 1 fully saturated rings. The summed E-state index contributed by atoms with van der Waals surface area (Å²) in [5.41, 5.74) is 3.67. The summed E-state index contributed by atoms with van der Waals surface area (Å²) in [5.74, 6) is 0.773. The molecular weight excluding hydrogens is 198 g/mol. The first-order valence-electron chi connectivity index (χ1n) is 6.05. The maximum atomic E-state index is 4.45. The number of hydrogen-bond donors (Lipinski definition) is 2. The monoisotopic (exact) mass is 215 g/mol. The first kappa shape index (κ1) is 9.85. The zero-order valence-corrected chi connectivity index (χ0v) is 9.37. The van der Waals surface area contributed by atoms with Gasteiger partial charge in [-0.2, -0.15) is 0 Å². The Bertz CT molecular complexity index is 469. The first-order chi connectivity index (χ1) is 7.93. The van der Waals surface area contributed by atoms with Crippen LogP contribution in [0.25, 0.3) is 11.0 Å². The average Bonchev–Trinajstić information content (AvgIpc) is 2.74. The fraction of sp³-hybridized carbons (Fsp3) is 0.462. The van der Waals surface area contributed by atoms with E-state index in [0.717, 1.165) is 29.9 Å². The molecule has 2 aromatic heterocycles. The topological polar surface area (TPSA) is 40.7 Å². The maximum Gasteiger partial charge on any atom is 0.0910 e. The van der Waals surface area contributed by atoms with Gasteiger partial charge in [-0.25, -0.2) is 0 Å². The Morgan fingerprint density at radius 3 is 3.31 bits per heavy atom. The van der Waals surface area contributed by atoms with Gasteiger partial charge < -0.3 is 10.3 Å². The molecule has 1 aliphatic heterocycles. The lowest BCUT2D eigenvalue weighted by molar-refractivity contribution is 0.376. The summed E-state index contributed by atoms with van der Waals surface area (Å²) >= 11 is 0. The Balaban J connectivity index is 1.83. The van der Waals surface area contributed by atoms with E-state index < -0.39 is 0 Å². The van der Waals surface area contributed by atoms with Crippen LogP contribution in [0.15, 0.2) is 24.5 Å². The molecule has 3 heterocycles. The number of pyridine rings is 1. The highest BCUT2D eigenvalue weighted by molar-refractivity contribution is 5.78. The fourth-order valence-corrected chi connectivity index (χ4v) is 2.58. The molecule has 0 radical (unpaired) electrons. The van der Waals surface area contributed by atoms with Crippen LogP contribution in [0.4, 0.5) is 0 Å². The van der Waals surface area contributed by atoms with E-state index in [4.69, 9.17) is 0 Å². The van der Waals surface area contributed by atoms with Crippen molar-refractivity contribution in [3.63, 3.8) is 0 Å². The Hall–Kier alpha value is -1.35. The second kappa shape index (κ2) is 4.26. The summed E-state index contributed by atoms with van der Waals surface area (Å²) in [6.45, 7) is 2.34. The minimum Gasteiger partial charge on any atom is -0.360 e. The minimum absolute atomic E-state index is 0.773. The highest BCUT2D eigenvalue weighted by atomic mass is 14.9. The van der Waals surface area contributed by atoms with E-state index in [2.05, 4.69) is 27.5 Å². The number of aromatic nitrogens is 2. The van der Waals surface area contributed by atoms with Gasteiger partial charge in [-0.15, -0.1) is 0 Å². The third-order valence-electron chi connectivity index (χ3n) is 3.42. The van der Waals surface area contributed by atoms with Gasteiger partial charge in [-0.1, -0.05) is 0 Å². The van der Waals surface area contributed by atoms with Crippen LogP contribution >= 0.6 is 0 Å². The first-order valence-corrected chi connectivity index (χ1v) is 6.05. The zero-order chi connectivity index (χ0) is 10.8. The van der Waals surface area contributed by atoms with E-state index in [1.807, 2.05) is 12.3 Å². The smallest absolute Gasteiger partial charge is 0.0910 e. The standard InChI is InChI=1S/C13H17N3/c1-3-10(8-14-5-1)7-11-9-16-12-4-2-6-15-13(11)12/h2,4,6,9-10,14,16H,1,3,5,7-8H2. The number of fused-ring (bicyclic) bond motifs is 1. The van der Waals surface area contributed by atoms with Gasteiger partial charge in [0, 0.05) is 12.4 Å². The number of hydrogen-bond acceptors (Lipinski definition) is 2. The zero-order valence-electron chi connectivity index (χ0n) is 9.37. The molecular formula is C13H17N3. The van der Waals surface area contributed by atoms with Crippen molar-refractivity contribution in [1.29, 1.82) is 0 Å². The predicted octanol–water partition coefficient (Wildman–Crippen LogP) is 2.10. The third-order valence-corrected chi connectivity index (χ3v) is 3.42. The molecule has 0 amide bonds. The molecule has 3 heteroatoms. The molecule has 2 N–H and O–H groups in total. The van der Waals surface area contributed by atoms with Gasteiger partial charge in [0.25, 0.3) is 0 Å². The highest BCUT2D eigenvalue weighted by Gasteiger charge is 2.15. The van der Waals surface area contributed by atoms with Gasteiger partial charge in [0.2, 0.25) is 0 Å². The van der Waals surface area contributed by atoms with E-state index in [9.17, 15) is 0 Å². The van der Waals surface area contributed by atoms with E-state index in [1.54, 1.807) is 0 Å². The van der Waals surface area contributed by atoms with Crippen LogP contribution in [0.5, 0.6) is 0 Å². The molecule has 1 saturated heterocycles. The van der Waals surface area contributed by atoms with Gasteiger partial charge in [-0.05, 0) is 56.0 Å². The van der Waals surface area contributed by atoms with Gasteiger partial charge in [0.05, 0.1) is 11.0 Å². The second-order valence-electron chi connectivity index (χ2n) is 4.63. The van der Waals surface area contributed by atoms with Crippen molar-refractivity contribution in [2.45, 2.75) is 19.3 Å². The molecule has 84 valence electrons. The van der Waals surface area contributed by atoms with Crippen LogP contribution < -0.4 is 5.32 Å². The fourth-order valence-electron chi connectivity index (χ4n) is 2.58.